The monoisotopic (exact) mass is 285 g/mol. The number of aliphatic hydroxyl groups is 1. The predicted octanol–water partition coefficient (Wildman–Crippen LogP) is 3.68. The van der Waals surface area contributed by atoms with Crippen molar-refractivity contribution in [2.75, 3.05) is 6.54 Å². The van der Waals surface area contributed by atoms with Gasteiger partial charge in [-0.05, 0) is 30.5 Å². The third kappa shape index (κ3) is 4.07. The number of aliphatic hydroxyl groups excluding tert-OH is 1. The number of alkyl halides is 3. The van der Waals surface area contributed by atoms with Crippen LogP contribution in [-0.2, 0) is 6.18 Å². The molecule has 2 atom stereocenters. The van der Waals surface area contributed by atoms with Crippen LogP contribution in [0.4, 0.5) is 13.2 Å². The number of rotatable bonds is 3. The Morgan fingerprint density at radius 1 is 1.25 bits per heavy atom. The molecule has 1 N–H and O–H groups in total. The molecule has 20 heavy (non-hydrogen) atoms. The van der Waals surface area contributed by atoms with Gasteiger partial charge >= 0.3 is 6.18 Å². The summed E-state index contributed by atoms with van der Waals surface area (Å²) in [4.78, 5) is 4.19. The first kappa shape index (κ1) is 15.0. The summed E-state index contributed by atoms with van der Waals surface area (Å²) in [6, 6.07) is 5.10. The highest BCUT2D eigenvalue weighted by Gasteiger charge is 2.30. The standard InChI is InChI=1S/C15H18F3NO/c16-15(17,18)13-6-3-4-11(8-13)9-19-10-12-5-1-2-7-14(12)20/h3-4,6,8-9,12,14,20H,1-2,5,7,10H2/t12-,14+/m1/s1. The molecule has 1 fully saturated rings. The lowest BCUT2D eigenvalue weighted by molar-refractivity contribution is -0.137. The van der Waals surface area contributed by atoms with Crippen LogP contribution in [0.15, 0.2) is 29.3 Å². The van der Waals surface area contributed by atoms with Crippen molar-refractivity contribution in [2.45, 2.75) is 38.0 Å². The molecule has 5 heteroatoms. The van der Waals surface area contributed by atoms with E-state index < -0.39 is 11.7 Å². The molecule has 110 valence electrons. The summed E-state index contributed by atoms with van der Waals surface area (Å²) in [6.45, 7) is 0.470. The topological polar surface area (TPSA) is 32.6 Å². The molecule has 0 heterocycles. The first-order valence-corrected chi connectivity index (χ1v) is 6.82. The third-order valence-corrected chi connectivity index (χ3v) is 3.66. The van der Waals surface area contributed by atoms with Crippen LogP contribution in [0.1, 0.15) is 36.8 Å². The first-order chi connectivity index (χ1) is 9.47. The molecule has 1 saturated carbocycles. The minimum atomic E-state index is -4.33. The van der Waals surface area contributed by atoms with E-state index in [1.807, 2.05) is 0 Å². The van der Waals surface area contributed by atoms with E-state index in [4.69, 9.17) is 0 Å². The Kier molecular flexibility index (Phi) is 4.81. The molecule has 2 nitrogen and oxygen atoms in total. The second-order valence-electron chi connectivity index (χ2n) is 5.23. The summed E-state index contributed by atoms with van der Waals surface area (Å²) in [5.41, 5.74) is -0.232. The average molecular weight is 285 g/mol. The van der Waals surface area contributed by atoms with E-state index in [9.17, 15) is 18.3 Å². The highest BCUT2D eigenvalue weighted by molar-refractivity contribution is 5.79. The van der Waals surface area contributed by atoms with Gasteiger partial charge in [-0.1, -0.05) is 25.0 Å². The lowest BCUT2D eigenvalue weighted by Gasteiger charge is -2.25. The summed E-state index contributed by atoms with van der Waals surface area (Å²) in [6.07, 6.45) is 0.642. The van der Waals surface area contributed by atoms with E-state index >= 15 is 0 Å². The highest BCUT2D eigenvalue weighted by Crippen LogP contribution is 2.29. The quantitative estimate of drug-likeness (QED) is 0.844. The van der Waals surface area contributed by atoms with Gasteiger partial charge in [0.25, 0.3) is 0 Å². The zero-order chi connectivity index (χ0) is 14.6. The van der Waals surface area contributed by atoms with Gasteiger partial charge in [0.2, 0.25) is 0 Å². The van der Waals surface area contributed by atoms with E-state index in [0.717, 1.165) is 37.8 Å². The Labute approximate surface area is 116 Å². The molecule has 0 unspecified atom stereocenters. The van der Waals surface area contributed by atoms with Crippen molar-refractivity contribution >= 4 is 6.21 Å². The molecule has 2 rings (SSSR count). The van der Waals surface area contributed by atoms with Crippen molar-refractivity contribution in [1.29, 1.82) is 0 Å². The van der Waals surface area contributed by atoms with E-state index in [1.54, 1.807) is 6.07 Å². The van der Waals surface area contributed by atoms with E-state index in [1.165, 1.54) is 12.3 Å². The number of aliphatic imine (C=N–C) groups is 1. The van der Waals surface area contributed by atoms with Gasteiger partial charge in [0, 0.05) is 18.7 Å². The fourth-order valence-electron chi connectivity index (χ4n) is 2.49. The Morgan fingerprint density at radius 2 is 2.00 bits per heavy atom. The van der Waals surface area contributed by atoms with Gasteiger partial charge in [0.1, 0.15) is 0 Å². The summed E-state index contributed by atoms with van der Waals surface area (Å²) in [7, 11) is 0. The Bertz CT molecular complexity index is 470. The fraction of sp³-hybridized carbons (Fsp3) is 0.533. The van der Waals surface area contributed by atoms with Gasteiger partial charge < -0.3 is 5.11 Å². The van der Waals surface area contributed by atoms with Gasteiger partial charge in [-0.3, -0.25) is 4.99 Å². The molecule has 0 spiro atoms. The second kappa shape index (κ2) is 6.39. The number of hydrogen-bond donors (Lipinski definition) is 1. The normalized spacial score (nSPS) is 24.2. The number of benzene rings is 1. The summed E-state index contributed by atoms with van der Waals surface area (Å²) < 4.78 is 37.7. The maximum Gasteiger partial charge on any atom is 0.416 e. The molecule has 0 bridgehead atoms. The highest BCUT2D eigenvalue weighted by atomic mass is 19.4. The molecular weight excluding hydrogens is 267 g/mol. The largest absolute Gasteiger partial charge is 0.416 e. The van der Waals surface area contributed by atoms with Gasteiger partial charge in [0.05, 0.1) is 11.7 Å². The van der Waals surface area contributed by atoms with Crippen LogP contribution < -0.4 is 0 Å². The molecule has 0 amide bonds. The van der Waals surface area contributed by atoms with Crippen LogP contribution in [0.25, 0.3) is 0 Å². The minimum absolute atomic E-state index is 0.130. The van der Waals surface area contributed by atoms with Crippen molar-refractivity contribution in [2.24, 2.45) is 10.9 Å². The minimum Gasteiger partial charge on any atom is -0.393 e. The molecule has 0 aliphatic heterocycles. The molecular formula is C15H18F3NO. The molecule has 1 aromatic carbocycles. The van der Waals surface area contributed by atoms with Crippen molar-refractivity contribution in [3.05, 3.63) is 35.4 Å². The van der Waals surface area contributed by atoms with Crippen molar-refractivity contribution in [3.8, 4) is 0 Å². The lowest BCUT2D eigenvalue weighted by atomic mass is 9.87. The van der Waals surface area contributed by atoms with Crippen molar-refractivity contribution in [1.82, 2.24) is 0 Å². The van der Waals surface area contributed by atoms with Crippen molar-refractivity contribution < 1.29 is 18.3 Å². The summed E-state index contributed by atoms with van der Waals surface area (Å²) in [5, 5.41) is 9.79. The molecule has 0 saturated heterocycles. The van der Waals surface area contributed by atoms with Crippen LogP contribution in [0.3, 0.4) is 0 Å². The van der Waals surface area contributed by atoms with E-state index in [-0.39, 0.29) is 12.0 Å². The maximum absolute atomic E-state index is 12.6. The summed E-state index contributed by atoms with van der Waals surface area (Å²) in [5.74, 6) is 0.130. The Morgan fingerprint density at radius 3 is 2.70 bits per heavy atom. The van der Waals surface area contributed by atoms with Crippen LogP contribution in [-0.4, -0.2) is 24.0 Å². The van der Waals surface area contributed by atoms with Crippen LogP contribution in [0.2, 0.25) is 0 Å². The number of nitrogens with zero attached hydrogens (tertiary/aromatic N) is 1. The molecule has 0 radical (unpaired) electrons. The smallest absolute Gasteiger partial charge is 0.393 e. The van der Waals surface area contributed by atoms with Gasteiger partial charge in [0.15, 0.2) is 0 Å². The van der Waals surface area contributed by atoms with Crippen LogP contribution in [0, 0.1) is 5.92 Å². The SMILES string of the molecule is O[C@H]1CCCC[C@@H]1CN=Cc1cccc(C(F)(F)F)c1. The van der Waals surface area contributed by atoms with Crippen LogP contribution >= 0.6 is 0 Å². The first-order valence-electron chi connectivity index (χ1n) is 6.82. The molecule has 0 aromatic heterocycles. The van der Waals surface area contributed by atoms with E-state index in [2.05, 4.69) is 4.99 Å². The van der Waals surface area contributed by atoms with Gasteiger partial charge in [-0.15, -0.1) is 0 Å². The Hall–Kier alpha value is -1.36. The zero-order valence-corrected chi connectivity index (χ0v) is 11.1. The number of hydrogen-bond acceptors (Lipinski definition) is 2. The van der Waals surface area contributed by atoms with Gasteiger partial charge in [-0.25, -0.2) is 0 Å². The average Bonchev–Trinajstić information content (AvgIpc) is 2.40. The fourth-order valence-corrected chi connectivity index (χ4v) is 2.49. The van der Waals surface area contributed by atoms with E-state index in [0.29, 0.717) is 12.1 Å². The lowest BCUT2D eigenvalue weighted by Crippen LogP contribution is -2.26. The van der Waals surface area contributed by atoms with Gasteiger partial charge in [-0.2, -0.15) is 13.2 Å². The predicted molar refractivity (Wildman–Crippen MR) is 71.9 cm³/mol. The maximum atomic E-state index is 12.6. The second-order valence-corrected chi connectivity index (χ2v) is 5.23. The molecule has 1 aromatic rings. The zero-order valence-electron chi connectivity index (χ0n) is 11.1. The molecule has 1 aliphatic rings. The third-order valence-electron chi connectivity index (χ3n) is 3.66. The Balaban J connectivity index is 1.97. The summed E-state index contributed by atoms with van der Waals surface area (Å²) >= 11 is 0. The molecule has 1 aliphatic carbocycles. The van der Waals surface area contributed by atoms with Crippen molar-refractivity contribution in [3.63, 3.8) is 0 Å². The number of halogens is 3. The van der Waals surface area contributed by atoms with Crippen LogP contribution in [0.5, 0.6) is 0 Å².